The van der Waals surface area contributed by atoms with Crippen LogP contribution in [-0.4, -0.2) is 46.8 Å². The number of amides is 1. The molecule has 1 atom stereocenters. The Kier molecular flexibility index (Phi) is 4.06. The van der Waals surface area contributed by atoms with Crippen molar-refractivity contribution in [2.75, 3.05) is 19.8 Å². The molecule has 92 valence electrons. The molecule has 17 heavy (non-hydrogen) atoms. The van der Waals surface area contributed by atoms with Crippen molar-refractivity contribution in [2.45, 2.75) is 19.1 Å². The maximum atomic E-state index is 11.7. The van der Waals surface area contributed by atoms with Gasteiger partial charge in [-0.1, -0.05) is 0 Å². The van der Waals surface area contributed by atoms with Crippen molar-refractivity contribution in [3.63, 3.8) is 0 Å². The van der Waals surface area contributed by atoms with E-state index in [-0.39, 0.29) is 25.2 Å². The lowest BCUT2D eigenvalue weighted by Crippen LogP contribution is -2.46. The fourth-order valence-electron chi connectivity index (χ4n) is 1.86. The quantitative estimate of drug-likeness (QED) is 0.810. The van der Waals surface area contributed by atoms with Gasteiger partial charge in [0.15, 0.2) is 0 Å². The van der Waals surface area contributed by atoms with E-state index in [1.54, 1.807) is 17.3 Å². The summed E-state index contributed by atoms with van der Waals surface area (Å²) in [5, 5.41) is 8.87. The zero-order valence-electron chi connectivity index (χ0n) is 9.58. The lowest BCUT2D eigenvalue weighted by Gasteiger charge is -2.32. The smallest absolute Gasteiger partial charge is 0.248 e. The molecule has 1 N–H and O–H groups in total. The lowest BCUT2D eigenvalue weighted by atomic mass is 10.2. The molecule has 1 amide bonds. The molecule has 2 heterocycles. The van der Waals surface area contributed by atoms with Gasteiger partial charge in [0, 0.05) is 32.1 Å². The van der Waals surface area contributed by atoms with Crippen molar-refractivity contribution in [3.8, 4) is 0 Å². The highest BCUT2D eigenvalue weighted by Gasteiger charge is 2.25. The summed E-state index contributed by atoms with van der Waals surface area (Å²) in [6.07, 6.45) is 3.94. The highest BCUT2D eigenvalue weighted by molar-refractivity contribution is 5.78. The largest absolute Gasteiger partial charge is 0.396 e. The molecule has 0 aliphatic carbocycles. The molecule has 1 saturated heterocycles. The van der Waals surface area contributed by atoms with Gasteiger partial charge >= 0.3 is 0 Å². The fraction of sp³-hybridized carbons (Fsp3) is 0.500. The van der Waals surface area contributed by atoms with Crippen LogP contribution < -0.4 is 0 Å². The van der Waals surface area contributed by atoms with Gasteiger partial charge in [-0.15, -0.1) is 0 Å². The highest BCUT2D eigenvalue weighted by atomic mass is 16.5. The first-order valence-corrected chi connectivity index (χ1v) is 5.68. The molecular weight excluding hydrogens is 220 g/mol. The number of aliphatic hydroxyl groups is 1. The Labute approximate surface area is 100 Å². The molecule has 1 unspecified atom stereocenters. The van der Waals surface area contributed by atoms with Gasteiger partial charge in [0.2, 0.25) is 5.91 Å². The normalized spacial score (nSPS) is 20.6. The minimum absolute atomic E-state index is 0.00370. The van der Waals surface area contributed by atoms with E-state index in [4.69, 9.17) is 9.84 Å². The number of nitrogens with zero attached hydrogens (tertiary/aromatic N) is 2. The summed E-state index contributed by atoms with van der Waals surface area (Å²) < 4.78 is 5.34. The van der Waals surface area contributed by atoms with E-state index in [1.807, 2.05) is 12.1 Å². The number of ether oxygens (including phenoxy) is 1. The molecular formula is C12H16N2O3. The highest BCUT2D eigenvalue weighted by Crippen LogP contribution is 2.12. The number of hydrogen-bond donors (Lipinski definition) is 1. The lowest BCUT2D eigenvalue weighted by molar-refractivity contribution is -0.150. The van der Waals surface area contributed by atoms with E-state index in [0.29, 0.717) is 19.5 Å². The Morgan fingerprint density at radius 2 is 2.24 bits per heavy atom. The van der Waals surface area contributed by atoms with Crippen LogP contribution in [-0.2, 0) is 16.1 Å². The van der Waals surface area contributed by atoms with Gasteiger partial charge < -0.3 is 14.7 Å². The van der Waals surface area contributed by atoms with Crippen molar-refractivity contribution in [2.24, 2.45) is 0 Å². The molecule has 1 aliphatic rings. The number of morpholine rings is 1. The first-order chi connectivity index (χ1) is 8.29. The third-order valence-corrected chi connectivity index (χ3v) is 2.79. The number of pyridine rings is 1. The van der Waals surface area contributed by atoms with Gasteiger partial charge in [-0.3, -0.25) is 9.78 Å². The summed E-state index contributed by atoms with van der Waals surface area (Å²) >= 11 is 0. The maximum absolute atomic E-state index is 11.7. The molecule has 0 aromatic carbocycles. The minimum Gasteiger partial charge on any atom is -0.396 e. The first kappa shape index (κ1) is 12.0. The van der Waals surface area contributed by atoms with Crippen LogP contribution in [0.25, 0.3) is 0 Å². The van der Waals surface area contributed by atoms with E-state index in [2.05, 4.69) is 4.98 Å². The second-order valence-corrected chi connectivity index (χ2v) is 4.08. The Bertz CT molecular complexity index is 369. The molecule has 1 fully saturated rings. The van der Waals surface area contributed by atoms with E-state index < -0.39 is 0 Å². The van der Waals surface area contributed by atoms with Crippen molar-refractivity contribution in [1.29, 1.82) is 0 Å². The molecule has 0 spiro atoms. The predicted molar refractivity (Wildman–Crippen MR) is 61.1 cm³/mol. The van der Waals surface area contributed by atoms with E-state index >= 15 is 0 Å². The average Bonchev–Trinajstić information content (AvgIpc) is 2.35. The van der Waals surface area contributed by atoms with Gasteiger partial charge in [0.1, 0.15) is 6.61 Å². The van der Waals surface area contributed by atoms with E-state index in [9.17, 15) is 4.79 Å². The molecule has 1 aromatic heterocycles. The van der Waals surface area contributed by atoms with Gasteiger partial charge in [-0.2, -0.15) is 0 Å². The molecule has 0 saturated carbocycles. The fourth-order valence-corrected chi connectivity index (χ4v) is 1.86. The Morgan fingerprint density at radius 1 is 1.47 bits per heavy atom. The summed E-state index contributed by atoms with van der Waals surface area (Å²) in [6.45, 7) is 1.31. The second-order valence-electron chi connectivity index (χ2n) is 4.08. The van der Waals surface area contributed by atoms with Crippen LogP contribution in [0.5, 0.6) is 0 Å². The van der Waals surface area contributed by atoms with Crippen LogP contribution in [0.4, 0.5) is 0 Å². The van der Waals surface area contributed by atoms with Gasteiger partial charge in [0.25, 0.3) is 0 Å². The van der Waals surface area contributed by atoms with E-state index in [1.165, 1.54) is 0 Å². The summed E-state index contributed by atoms with van der Waals surface area (Å²) in [6, 6.07) is 3.79. The molecule has 1 aliphatic heterocycles. The van der Waals surface area contributed by atoms with Crippen molar-refractivity contribution in [3.05, 3.63) is 30.1 Å². The predicted octanol–water partition coefficient (Wildman–Crippen LogP) is 0.191. The van der Waals surface area contributed by atoms with Gasteiger partial charge in [-0.05, 0) is 24.1 Å². The molecule has 1 aromatic rings. The third-order valence-electron chi connectivity index (χ3n) is 2.79. The van der Waals surface area contributed by atoms with Crippen LogP contribution in [0.15, 0.2) is 24.5 Å². The third kappa shape index (κ3) is 3.25. The summed E-state index contributed by atoms with van der Waals surface area (Å²) in [5.41, 5.74) is 1.05. The Balaban J connectivity index is 1.96. The SMILES string of the molecule is O=C1COC(CCO)CN1Cc1ccncc1. The number of rotatable bonds is 4. The zero-order chi connectivity index (χ0) is 12.1. The summed E-state index contributed by atoms with van der Waals surface area (Å²) in [4.78, 5) is 17.4. The topological polar surface area (TPSA) is 62.7 Å². The van der Waals surface area contributed by atoms with Crippen LogP contribution >= 0.6 is 0 Å². The minimum atomic E-state index is -0.0560. The molecule has 2 rings (SSSR count). The number of carbonyl (C=O) groups excluding carboxylic acids is 1. The van der Waals surface area contributed by atoms with Crippen LogP contribution in [0.3, 0.4) is 0 Å². The Hall–Kier alpha value is -1.46. The first-order valence-electron chi connectivity index (χ1n) is 5.68. The molecule has 0 bridgehead atoms. The van der Waals surface area contributed by atoms with E-state index in [0.717, 1.165) is 5.56 Å². The molecule has 5 heteroatoms. The van der Waals surface area contributed by atoms with Crippen LogP contribution in [0.1, 0.15) is 12.0 Å². The second kappa shape index (κ2) is 5.75. The number of carbonyl (C=O) groups is 1. The maximum Gasteiger partial charge on any atom is 0.248 e. The van der Waals surface area contributed by atoms with Gasteiger partial charge in [0.05, 0.1) is 6.10 Å². The Morgan fingerprint density at radius 3 is 2.94 bits per heavy atom. The monoisotopic (exact) mass is 236 g/mol. The molecule has 0 radical (unpaired) electrons. The van der Waals surface area contributed by atoms with Crippen LogP contribution in [0, 0.1) is 0 Å². The number of hydrogen-bond acceptors (Lipinski definition) is 4. The van der Waals surface area contributed by atoms with Crippen molar-refractivity contribution in [1.82, 2.24) is 9.88 Å². The average molecular weight is 236 g/mol. The van der Waals surface area contributed by atoms with Crippen molar-refractivity contribution >= 4 is 5.91 Å². The number of aliphatic hydroxyl groups excluding tert-OH is 1. The van der Waals surface area contributed by atoms with Crippen LogP contribution in [0.2, 0.25) is 0 Å². The zero-order valence-corrected chi connectivity index (χ0v) is 9.58. The molecule has 5 nitrogen and oxygen atoms in total. The van der Waals surface area contributed by atoms with Crippen molar-refractivity contribution < 1.29 is 14.6 Å². The van der Waals surface area contributed by atoms with Gasteiger partial charge in [-0.25, -0.2) is 0 Å². The number of aromatic nitrogens is 1. The summed E-state index contributed by atoms with van der Waals surface area (Å²) in [5.74, 6) is -0.00370. The standard InChI is InChI=1S/C12H16N2O3/c15-6-3-11-8-14(12(16)9-17-11)7-10-1-4-13-5-2-10/h1-2,4-5,11,15H,3,6-9H2. The summed E-state index contributed by atoms with van der Waals surface area (Å²) in [7, 11) is 0.